The SMILES string of the molecule is c1ccc(C(C2CCCO2)N2CCNCC2)nc1. The summed E-state index contributed by atoms with van der Waals surface area (Å²) in [6.45, 7) is 5.20. The van der Waals surface area contributed by atoms with E-state index in [1.165, 1.54) is 6.42 Å². The van der Waals surface area contributed by atoms with E-state index >= 15 is 0 Å². The topological polar surface area (TPSA) is 37.4 Å². The fourth-order valence-electron chi connectivity index (χ4n) is 2.98. The summed E-state index contributed by atoms with van der Waals surface area (Å²) in [7, 11) is 0. The van der Waals surface area contributed by atoms with Gasteiger partial charge in [0.05, 0.1) is 17.8 Å². The van der Waals surface area contributed by atoms with Crippen molar-refractivity contribution in [3.8, 4) is 0 Å². The molecule has 3 heterocycles. The van der Waals surface area contributed by atoms with Crippen LogP contribution in [0.4, 0.5) is 0 Å². The third-order valence-electron chi connectivity index (χ3n) is 3.85. The van der Waals surface area contributed by atoms with Crippen molar-refractivity contribution in [3.05, 3.63) is 30.1 Å². The van der Waals surface area contributed by atoms with Crippen molar-refractivity contribution in [2.75, 3.05) is 32.8 Å². The summed E-state index contributed by atoms with van der Waals surface area (Å²) in [5, 5.41) is 3.41. The number of nitrogens with one attached hydrogen (secondary N) is 1. The van der Waals surface area contributed by atoms with Crippen LogP contribution in [0.3, 0.4) is 0 Å². The van der Waals surface area contributed by atoms with Crippen molar-refractivity contribution in [1.29, 1.82) is 0 Å². The Morgan fingerprint density at radius 3 is 2.89 bits per heavy atom. The standard InChI is InChI=1S/C14H21N3O/c1-2-6-16-12(4-1)14(13-5-3-11-18-13)17-9-7-15-8-10-17/h1-2,4,6,13-15H,3,5,7-11H2. The van der Waals surface area contributed by atoms with E-state index in [0.717, 1.165) is 44.9 Å². The first-order valence-electron chi connectivity index (χ1n) is 6.92. The molecule has 0 amide bonds. The first-order chi connectivity index (χ1) is 8.95. The van der Waals surface area contributed by atoms with Crippen LogP contribution >= 0.6 is 0 Å². The molecule has 1 N–H and O–H groups in total. The number of piperazine rings is 1. The molecule has 2 aliphatic rings. The Hall–Kier alpha value is -0.970. The molecular weight excluding hydrogens is 226 g/mol. The van der Waals surface area contributed by atoms with Crippen LogP contribution in [0.2, 0.25) is 0 Å². The molecule has 2 aliphatic heterocycles. The van der Waals surface area contributed by atoms with Crippen molar-refractivity contribution in [3.63, 3.8) is 0 Å². The van der Waals surface area contributed by atoms with Crippen molar-refractivity contribution in [2.45, 2.75) is 25.0 Å². The highest BCUT2D eigenvalue weighted by Gasteiger charge is 2.33. The minimum Gasteiger partial charge on any atom is -0.376 e. The van der Waals surface area contributed by atoms with E-state index in [4.69, 9.17) is 4.74 Å². The molecule has 0 aliphatic carbocycles. The molecule has 4 heteroatoms. The van der Waals surface area contributed by atoms with E-state index in [0.29, 0.717) is 12.1 Å². The summed E-state index contributed by atoms with van der Waals surface area (Å²) < 4.78 is 5.92. The van der Waals surface area contributed by atoms with E-state index in [9.17, 15) is 0 Å². The van der Waals surface area contributed by atoms with Gasteiger partial charge in [0.25, 0.3) is 0 Å². The minimum absolute atomic E-state index is 0.318. The quantitative estimate of drug-likeness (QED) is 0.871. The van der Waals surface area contributed by atoms with E-state index in [1.807, 2.05) is 12.3 Å². The molecule has 2 saturated heterocycles. The largest absolute Gasteiger partial charge is 0.376 e. The lowest BCUT2D eigenvalue weighted by atomic mass is 10.0. The lowest BCUT2D eigenvalue weighted by molar-refractivity contribution is 0.0159. The van der Waals surface area contributed by atoms with Crippen molar-refractivity contribution >= 4 is 0 Å². The van der Waals surface area contributed by atoms with Crippen LogP contribution in [-0.2, 0) is 4.74 Å². The van der Waals surface area contributed by atoms with Crippen LogP contribution in [-0.4, -0.2) is 48.8 Å². The number of hydrogen-bond donors (Lipinski definition) is 1. The molecule has 0 radical (unpaired) electrons. The van der Waals surface area contributed by atoms with Gasteiger partial charge >= 0.3 is 0 Å². The number of nitrogens with zero attached hydrogens (tertiary/aromatic N) is 2. The van der Waals surface area contributed by atoms with Gasteiger partial charge < -0.3 is 10.1 Å². The number of pyridine rings is 1. The van der Waals surface area contributed by atoms with Gasteiger partial charge in [-0.3, -0.25) is 9.88 Å². The van der Waals surface area contributed by atoms with Gasteiger partial charge in [0.2, 0.25) is 0 Å². The molecule has 2 fully saturated rings. The first kappa shape index (κ1) is 12.1. The maximum absolute atomic E-state index is 5.92. The van der Waals surface area contributed by atoms with Gasteiger partial charge in [0, 0.05) is 39.0 Å². The third kappa shape index (κ3) is 2.55. The van der Waals surface area contributed by atoms with Crippen molar-refractivity contribution in [2.24, 2.45) is 0 Å². The van der Waals surface area contributed by atoms with E-state index in [2.05, 4.69) is 27.3 Å². The molecule has 2 atom stereocenters. The summed E-state index contributed by atoms with van der Waals surface area (Å²) in [5.74, 6) is 0. The Morgan fingerprint density at radius 2 is 2.22 bits per heavy atom. The molecular formula is C14H21N3O. The third-order valence-corrected chi connectivity index (χ3v) is 3.85. The normalized spacial score (nSPS) is 27.2. The van der Waals surface area contributed by atoms with Crippen LogP contribution in [0, 0.1) is 0 Å². The van der Waals surface area contributed by atoms with E-state index in [1.54, 1.807) is 0 Å². The lowest BCUT2D eigenvalue weighted by Crippen LogP contribution is -2.48. The zero-order valence-electron chi connectivity index (χ0n) is 10.7. The van der Waals surface area contributed by atoms with Crippen LogP contribution in [0.15, 0.2) is 24.4 Å². The number of aromatic nitrogens is 1. The molecule has 1 aromatic rings. The van der Waals surface area contributed by atoms with Crippen LogP contribution in [0.5, 0.6) is 0 Å². The maximum Gasteiger partial charge on any atom is 0.0788 e. The summed E-state index contributed by atoms with van der Waals surface area (Å²) >= 11 is 0. The Morgan fingerprint density at radius 1 is 1.33 bits per heavy atom. The Bertz CT molecular complexity index is 359. The number of ether oxygens (including phenoxy) is 1. The fourth-order valence-corrected chi connectivity index (χ4v) is 2.98. The predicted molar refractivity (Wildman–Crippen MR) is 70.4 cm³/mol. The highest BCUT2D eigenvalue weighted by atomic mass is 16.5. The van der Waals surface area contributed by atoms with Gasteiger partial charge in [-0.1, -0.05) is 6.07 Å². The minimum atomic E-state index is 0.318. The molecule has 0 spiro atoms. The Labute approximate surface area is 108 Å². The number of rotatable bonds is 3. The van der Waals surface area contributed by atoms with Crippen LogP contribution < -0.4 is 5.32 Å². The second kappa shape index (κ2) is 5.78. The smallest absolute Gasteiger partial charge is 0.0788 e. The molecule has 0 saturated carbocycles. The monoisotopic (exact) mass is 247 g/mol. The average Bonchev–Trinajstić information content (AvgIpc) is 2.95. The van der Waals surface area contributed by atoms with Crippen LogP contribution in [0.1, 0.15) is 24.6 Å². The summed E-state index contributed by atoms with van der Waals surface area (Å²) in [4.78, 5) is 7.08. The number of hydrogen-bond acceptors (Lipinski definition) is 4. The lowest BCUT2D eigenvalue weighted by Gasteiger charge is -2.37. The summed E-state index contributed by atoms with van der Waals surface area (Å²) in [6.07, 6.45) is 4.54. The van der Waals surface area contributed by atoms with Gasteiger partial charge in [0.15, 0.2) is 0 Å². The Kier molecular flexibility index (Phi) is 3.88. The fraction of sp³-hybridized carbons (Fsp3) is 0.643. The van der Waals surface area contributed by atoms with Gasteiger partial charge in [-0.15, -0.1) is 0 Å². The first-order valence-corrected chi connectivity index (χ1v) is 6.92. The highest BCUT2D eigenvalue weighted by Crippen LogP contribution is 2.31. The Balaban J connectivity index is 1.82. The zero-order valence-corrected chi connectivity index (χ0v) is 10.7. The molecule has 4 nitrogen and oxygen atoms in total. The maximum atomic E-state index is 5.92. The van der Waals surface area contributed by atoms with Gasteiger partial charge in [0.1, 0.15) is 0 Å². The molecule has 18 heavy (non-hydrogen) atoms. The van der Waals surface area contributed by atoms with Gasteiger partial charge in [-0.05, 0) is 25.0 Å². The second-order valence-corrected chi connectivity index (χ2v) is 5.04. The van der Waals surface area contributed by atoms with Gasteiger partial charge in [-0.2, -0.15) is 0 Å². The molecule has 0 bridgehead atoms. The van der Waals surface area contributed by atoms with Crippen molar-refractivity contribution in [1.82, 2.24) is 15.2 Å². The molecule has 0 aromatic carbocycles. The van der Waals surface area contributed by atoms with E-state index in [-0.39, 0.29) is 0 Å². The molecule has 1 aromatic heterocycles. The van der Waals surface area contributed by atoms with Crippen molar-refractivity contribution < 1.29 is 4.74 Å². The van der Waals surface area contributed by atoms with Gasteiger partial charge in [-0.25, -0.2) is 0 Å². The summed E-state index contributed by atoms with van der Waals surface area (Å²) in [5.41, 5.74) is 1.16. The summed E-state index contributed by atoms with van der Waals surface area (Å²) in [6, 6.07) is 6.52. The van der Waals surface area contributed by atoms with Crippen LogP contribution in [0.25, 0.3) is 0 Å². The van der Waals surface area contributed by atoms with E-state index < -0.39 is 0 Å². The highest BCUT2D eigenvalue weighted by molar-refractivity contribution is 5.12. The molecule has 3 rings (SSSR count). The predicted octanol–water partition coefficient (Wildman–Crippen LogP) is 1.21. The molecule has 98 valence electrons. The second-order valence-electron chi connectivity index (χ2n) is 5.04. The average molecular weight is 247 g/mol. The molecule has 2 unspecified atom stereocenters. The zero-order chi connectivity index (χ0) is 12.2.